The Bertz CT molecular complexity index is 462. The van der Waals surface area contributed by atoms with Crippen LogP contribution in [0.25, 0.3) is 0 Å². The quantitative estimate of drug-likeness (QED) is 0.906. The van der Waals surface area contributed by atoms with Gasteiger partial charge in [-0.1, -0.05) is 6.92 Å². The van der Waals surface area contributed by atoms with E-state index in [1.165, 1.54) is 43.5 Å². The maximum Gasteiger partial charge on any atom is 0.0448 e. The minimum atomic E-state index is 0.133. The van der Waals surface area contributed by atoms with Gasteiger partial charge in [-0.05, 0) is 59.4 Å². The highest BCUT2D eigenvalue weighted by atomic mass is 15.2. The number of aromatic nitrogens is 1. The van der Waals surface area contributed by atoms with Crippen LogP contribution in [-0.4, -0.2) is 23.1 Å². The van der Waals surface area contributed by atoms with Gasteiger partial charge in [-0.15, -0.1) is 0 Å². The molecule has 2 rings (SSSR count). The van der Waals surface area contributed by atoms with Crippen molar-refractivity contribution in [2.24, 2.45) is 0 Å². The Hall–Kier alpha value is -1.09. The Labute approximate surface area is 130 Å². The number of nitrogens with zero attached hydrogens (tertiary/aromatic N) is 2. The van der Waals surface area contributed by atoms with E-state index in [-0.39, 0.29) is 5.54 Å². The van der Waals surface area contributed by atoms with Crippen molar-refractivity contribution < 1.29 is 0 Å². The van der Waals surface area contributed by atoms with Crippen molar-refractivity contribution in [1.82, 2.24) is 10.3 Å². The lowest BCUT2D eigenvalue weighted by molar-refractivity contribution is 0.420. The van der Waals surface area contributed by atoms with Gasteiger partial charge in [0.2, 0.25) is 0 Å². The molecule has 0 amide bonds. The molecule has 1 atom stereocenters. The van der Waals surface area contributed by atoms with Crippen molar-refractivity contribution >= 4 is 5.69 Å². The second kappa shape index (κ2) is 6.78. The van der Waals surface area contributed by atoms with E-state index < -0.39 is 0 Å². The van der Waals surface area contributed by atoms with Crippen molar-refractivity contribution in [2.75, 3.05) is 11.4 Å². The molecule has 1 N–H and O–H groups in total. The molecule has 118 valence electrons. The molecule has 3 heteroatoms. The maximum atomic E-state index is 4.52. The molecule has 1 aliphatic heterocycles. The molecule has 1 aliphatic rings. The number of hydrogen-bond acceptors (Lipinski definition) is 3. The Kier molecular flexibility index (Phi) is 5.26. The molecule has 1 unspecified atom stereocenters. The number of piperidine rings is 1. The number of rotatable bonds is 4. The zero-order valence-electron chi connectivity index (χ0n) is 14.4. The van der Waals surface area contributed by atoms with E-state index >= 15 is 0 Å². The summed E-state index contributed by atoms with van der Waals surface area (Å²) in [7, 11) is 0. The SMILES string of the molecule is CCC1CCCCN1c1cc(C)ncc1CNC(C)(C)C. The Morgan fingerprint density at radius 3 is 2.76 bits per heavy atom. The van der Waals surface area contributed by atoms with Crippen LogP contribution in [0.3, 0.4) is 0 Å². The first-order valence-electron chi connectivity index (χ1n) is 8.38. The predicted molar refractivity (Wildman–Crippen MR) is 90.8 cm³/mol. The lowest BCUT2D eigenvalue weighted by atomic mass is 9.98. The van der Waals surface area contributed by atoms with E-state index in [0.29, 0.717) is 6.04 Å². The van der Waals surface area contributed by atoms with Gasteiger partial charge in [0.15, 0.2) is 0 Å². The summed E-state index contributed by atoms with van der Waals surface area (Å²) >= 11 is 0. The average molecular weight is 289 g/mol. The molecule has 0 bridgehead atoms. The molecule has 0 spiro atoms. The summed E-state index contributed by atoms with van der Waals surface area (Å²) in [6.45, 7) is 13.1. The lowest BCUT2D eigenvalue weighted by Gasteiger charge is -2.38. The van der Waals surface area contributed by atoms with E-state index in [9.17, 15) is 0 Å². The van der Waals surface area contributed by atoms with Crippen LogP contribution < -0.4 is 10.2 Å². The highest BCUT2D eigenvalue weighted by Crippen LogP contribution is 2.29. The van der Waals surface area contributed by atoms with Gasteiger partial charge in [0.05, 0.1) is 0 Å². The van der Waals surface area contributed by atoms with Crippen LogP contribution in [0.1, 0.15) is 64.6 Å². The number of aryl methyl sites for hydroxylation is 1. The van der Waals surface area contributed by atoms with Gasteiger partial charge < -0.3 is 10.2 Å². The molecular weight excluding hydrogens is 258 g/mol. The Morgan fingerprint density at radius 2 is 2.10 bits per heavy atom. The van der Waals surface area contributed by atoms with Gasteiger partial charge >= 0.3 is 0 Å². The topological polar surface area (TPSA) is 28.2 Å². The lowest BCUT2D eigenvalue weighted by Crippen LogP contribution is -2.41. The fourth-order valence-electron chi connectivity index (χ4n) is 3.08. The summed E-state index contributed by atoms with van der Waals surface area (Å²) in [5, 5.41) is 3.60. The number of hydrogen-bond donors (Lipinski definition) is 1. The molecule has 21 heavy (non-hydrogen) atoms. The Balaban J connectivity index is 2.25. The summed E-state index contributed by atoms with van der Waals surface area (Å²) in [4.78, 5) is 7.14. The maximum absolute atomic E-state index is 4.52. The second-order valence-corrected chi connectivity index (χ2v) is 7.31. The molecule has 1 aromatic rings. The standard InChI is InChI=1S/C18H31N3/c1-6-16-9-7-8-10-21(16)17-11-14(2)19-12-15(17)13-20-18(3,4)5/h11-12,16,20H,6-10,13H2,1-5H3. The zero-order chi connectivity index (χ0) is 15.5. The first kappa shape index (κ1) is 16.3. The molecule has 0 aromatic carbocycles. The summed E-state index contributed by atoms with van der Waals surface area (Å²) in [6, 6.07) is 2.96. The van der Waals surface area contributed by atoms with Crippen LogP contribution in [-0.2, 0) is 6.54 Å². The van der Waals surface area contributed by atoms with Crippen LogP contribution in [0.4, 0.5) is 5.69 Å². The van der Waals surface area contributed by atoms with Crippen molar-refractivity contribution in [1.29, 1.82) is 0 Å². The van der Waals surface area contributed by atoms with Crippen molar-refractivity contribution in [3.8, 4) is 0 Å². The van der Waals surface area contributed by atoms with Gasteiger partial charge in [-0.25, -0.2) is 0 Å². The molecule has 1 fully saturated rings. The summed E-state index contributed by atoms with van der Waals surface area (Å²) in [6.07, 6.45) is 7.29. The fraction of sp³-hybridized carbons (Fsp3) is 0.722. The predicted octanol–water partition coefficient (Wildman–Crippen LogP) is 4.05. The zero-order valence-corrected chi connectivity index (χ0v) is 14.4. The third-order valence-electron chi connectivity index (χ3n) is 4.32. The molecule has 0 radical (unpaired) electrons. The smallest absolute Gasteiger partial charge is 0.0448 e. The van der Waals surface area contributed by atoms with Crippen molar-refractivity contribution in [2.45, 2.75) is 78.4 Å². The molecule has 0 aliphatic carbocycles. The van der Waals surface area contributed by atoms with Gasteiger partial charge in [0.25, 0.3) is 0 Å². The number of pyridine rings is 1. The van der Waals surface area contributed by atoms with Crippen molar-refractivity contribution in [3.63, 3.8) is 0 Å². The van der Waals surface area contributed by atoms with Crippen LogP contribution >= 0.6 is 0 Å². The molecule has 3 nitrogen and oxygen atoms in total. The normalized spacial score (nSPS) is 19.9. The van der Waals surface area contributed by atoms with E-state index in [1.807, 2.05) is 0 Å². The van der Waals surface area contributed by atoms with E-state index in [0.717, 1.165) is 12.2 Å². The second-order valence-electron chi connectivity index (χ2n) is 7.31. The minimum Gasteiger partial charge on any atom is -0.368 e. The number of nitrogens with one attached hydrogen (secondary N) is 1. The van der Waals surface area contributed by atoms with Crippen LogP contribution in [0.15, 0.2) is 12.3 Å². The number of anilines is 1. The highest BCUT2D eigenvalue weighted by molar-refractivity contribution is 5.55. The van der Waals surface area contributed by atoms with Crippen molar-refractivity contribution in [3.05, 3.63) is 23.5 Å². The van der Waals surface area contributed by atoms with E-state index in [2.05, 4.69) is 62.1 Å². The van der Waals surface area contributed by atoms with Gasteiger partial charge in [0, 0.05) is 47.8 Å². The summed E-state index contributed by atoms with van der Waals surface area (Å²) < 4.78 is 0. The highest BCUT2D eigenvalue weighted by Gasteiger charge is 2.23. The average Bonchev–Trinajstić information content (AvgIpc) is 2.45. The third-order valence-corrected chi connectivity index (χ3v) is 4.32. The first-order chi connectivity index (χ1) is 9.90. The monoisotopic (exact) mass is 289 g/mol. The third kappa shape index (κ3) is 4.44. The van der Waals surface area contributed by atoms with Crippen LogP contribution in [0.2, 0.25) is 0 Å². The summed E-state index contributed by atoms with van der Waals surface area (Å²) in [5.41, 5.74) is 3.97. The van der Waals surface area contributed by atoms with E-state index in [1.54, 1.807) is 0 Å². The largest absolute Gasteiger partial charge is 0.368 e. The van der Waals surface area contributed by atoms with Crippen LogP contribution in [0, 0.1) is 6.92 Å². The van der Waals surface area contributed by atoms with Gasteiger partial charge in [-0.2, -0.15) is 0 Å². The minimum absolute atomic E-state index is 0.133. The molecular formula is C18H31N3. The van der Waals surface area contributed by atoms with Gasteiger partial charge in [0.1, 0.15) is 0 Å². The Morgan fingerprint density at radius 1 is 1.33 bits per heavy atom. The van der Waals surface area contributed by atoms with Crippen LogP contribution in [0.5, 0.6) is 0 Å². The van der Waals surface area contributed by atoms with E-state index in [4.69, 9.17) is 0 Å². The molecule has 1 aromatic heterocycles. The first-order valence-corrected chi connectivity index (χ1v) is 8.38. The molecule has 0 saturated carbocycles. The molecule has 1 saturated heterocycles. The molecule has 2 heterocycles. The fourth-order valence-corrected chi connectivity index (χ4v) is 3.08. The van der Waals surface area contributed by atoms with Gasteiger partial charge in [-0.3, -0.25) is 4.98 Å². The summed E-state index contributed by atoms with van der Waals surface area (Å²) in [5.74, 6) is 0.